The molecule has 1 amide bonds. The molecule has 1 N–H and O–H groups in total. The zero-order valence-corrected chi connectivity index (χ0v) is 18.5. The van der Waals surface area contributed by atoms with E-state index >= 15 is 0 Å². The fraction of sp³-hybridized carbons (Fsp3) is 0.583. The molecule has 1 atom stereocenters. The van der Waals surface area contributed by atoms with Crippen molar-refractivity contribution in [1.29, 1.82) is 0 Å². The molecule has 1 unspecified atom stereocenters. The molecule has 4 heterocycles. The number of nitrogens with zero attached hydrogens (tertiary/aromatic N) is 4. The van der Waals surface area contributed by atoms with Crippen molar-refractivity contribution in [1.82, 2.24) is 25.0 Å². The summed E-state index contributed by atoms with van der Waals surface area (Å²) in [5, 5.41) is 4.19. The number of aromatic amines is 1. The summed E-state index contributed by atoms with van der Waals surface area (Å²) in [5.41, 5.74) is 1.98. The van der Waals surface area contributed by atoms with E-state index in [0.29, 0.717) is 24.7 Å². The van der Waals surface area contributed by atoms with Gasteiger partial charge in [-0.3, -0.25) is 4.79 Å². The average molecular weight is 438 g/mol. The molecule has 8 nitrogen and oxygen atoms in total. The van der Waals surface area contributed by atoms with E-state index in [2.05, 4.69) is 20.1 Å². The van der Waals surface area contributed by atoms with Crippen molar-refractivity contribution < 1.29 is 14.1 Å². The average Bonchev–Trinajstić information content (AvgIpc) is 3.49. The van der Waals surface area contributed by atoms with E-state index in [9.17, 15) is 4.79 Å². The zero-order valence-electron chi connectivity index (χ0n) is 18.5. The van der Waals surface area contributed by atoms with Gasteiger partial charge in [-0.05, 0) is 50.2 Å². The number of rotatable bonds is 7. The van der Waals surface area contributed by atoms with Crippen molar-refractivity contribution in [2.75, 3.05) is 26.3 Å². The third-order valence-electron chi connectivity index (χ3n) is 6.72. The SMILES string of the molecule is O=C(CCc1nc2ccccc2[nH]1)N1CCCC(CCc2noc(C3CCOCC3)n2)C1. The van der Waals surface area contributed by atoms with Crippen LogP contribution in [0.4, 0.5) is 0 Å². The molecule has 32 heavy (non-hydrogen) atoms. The first-order valence-electron chi connectivity index (χ1n) is 11.9. The summed E-state index contributed by atoms with van der Waals surface area (Å²) in [5.74, 6) is 3.47. The summed E-state index contributed by atoms with van der Waals surface area (Å²) in [4.78, 5) is 27.4. The monoisotopic (exact) mass is 437 g/mol. The van der Waals surface area contributed by atoms with Crippen LogP contribution in [-0.2, 0) is 22.4 Å². The number of carbonyl (C=O) groups excluding carboxylic acids is 1. The van der Waals surface area contributed by atoms with Crippen LogP contribution in [0.15, 0.2) is 28.8 Å². The van der Waals surface area contributed by atoms with Crippen molar-refractivity contribution in [2.45, 2.75) is 57.3 Å². The van der Waals surface area contributed by atoms with Crippen LogP contribution in [0.25, 0.3) is 11.0 Å². The first-order valence-corrected chi connectivity index (χ1v) is 11.9. The second-order valence-electron chi connectivity index (χ2n) is 9.02. The number of fused-ring (bicyclic) bond motifs is 1. The van der Waals surface area contributed by atoms with E-state index < -0.39 is 0 Å². The zero-order chi connectivity index (χ0) is 21.8. The van der Waals surface area contributed by atoms with Gasteiger partial charge in [-0.2, -0.15) is 4.98 Å². The molecule has 0 saturated carbocycles. The second-order valence-corrected chi connectivity index (χ2v) is 9.02. The Morgan fingerprint density at radius 2 is 2.00 bits per heavy atom. The van der Waals surface area contributed by atoms with Crippen molar-refractivity contribution in [3.05, 3.63) is 41.8 Å². The van der Waals surface area contributed by atoms with E-state index in [1.54, 1.807) is 0 Å². The number of imidazole rings is 1. The molecule has 0 radical (unpaired) electrons. The van der Waals surface area contributed by atoms with Crippen molar-refractivity contribution in [2.24, 2.45) is 5.92 Å². The number of hydrogen-bond donors (Lipinski definition) is 1. The number of H-pyrrole nitrogens is 1. The predicted molar refractivity (Wildman–Crippen MR) is 119 cm³/mol. The van der Waals surface area contributed by atoms with Gasteiger partial charge in [0.15, 0.2) is 5.82 Å². The van der Waals surface area contributed by atoms with Crippen molar-refractivity contribution >= 4 is 16.9 Å². The van der Waals surface area contributed by atoms with Gasteiger partial charge in [0, 0.05) is 51.5 Å². The minimum atomic E-state index is 0.219. The molecule has 0 aliphatic carbocycles. The van der Waals surface area contributed by atoms with Gasteiger partial charge in [-0.25, -0.2) is 4.98 Å². The van der Waals surface area contributed by atoms with E-state index in [0.717, 1.165) is 93.4 Å². The lowest BCUT2D eigenvalue weighted by atomic mass is 9.93. The lowest BCUT2D eigenvalue weighted by Crippen LogP contribution is -2.40. The highest BCUT2D eigenvalue weighted by Crippen LogP contribution is 2.26. The summed E-state index contributed by atoms with van der Waals surface area (Å²) in [6.07, 6.45) is 7.04. The fourth-order valence-electron chi connectivity index (χ4n) is 4.85. The van der Waals surface area contributed by atoms with Crippen molar-refractivity contribution in [3.8, 4) is 0 Å². The van der Waals surface area contributed by atoms with E-state index in [-0.39, 0.29) is 5.91 Å². The largest absolute Gasteiger partial charge is 0.381 e. The Labute approximate surface area is 187 Å². The minimum absolute atomic E-state index is 0.219. The van der Waals surface area contributed by atoms with Crippen LogP contribution < -0.4 is 0 Å². The molecule has 170 valence electrons. The Morgan fingerprint density at radius 3 is 2.88 bits per heavy atom. The number of benzene rings is 1. The maximum Gasteiger partial charge on any atom is 0.229 e. The van der Waals surface area contributed by atoms with Gasteiger partial charge in [0.05, 0.1) is 11.0 Å². The first-order chi connectivity index (χ1) is 15.7. The first kappa shape index (κ1) is 21.1. The number of hydrogen-bond acceptors (Lipinski definition) is 6. The molecular formula is C24H31N5O3. The highest BCUT2D eigenvalue weighted by molar-refractivity contribution is 5.77. The highest BCUT2D eigenvalue weighted by atomic mass is 16.5. The van der Waals surface area contributed by atoms with Gasteiger partial charge in [-0.1, -0.05) is 17.3 Å². The Kier molecular flexibility index (Phi) is 6.48. The summed E-state index contributed by atoms with van der Waals surface area (Å²) in [6.45, 7) is 3.21. The molecule has 1 aromatic carbocycles. The van der Waals surface area contributed by atoms with Crippen LogP contribution in [0.2, 0.25) is 0 Å². The topological polar surface area (TPSA) is 97.1 Å². The maximum atomic E-state index is 12.8. The summed E-state index contributed by atoms with van der Waals surface area (Å²) in [7, 11) is 0. The van der Waals surface area contributed by atoms with Gasteiger partial charge >= 0.3 is 0 Å². The van der Waals surface area contributed by atoms with Crippen LogP contribution in [0.1, 0.15) is 62.0 Å². The standard InChI is InChI=1S/C24H31N5O3/c30-23(10-9-21-25-19-5-1-2-6-20(19)26-21)29-13-3-4-17(16-29)7-8-22-27-24(32-28-22)18-11-14-31-15-12-18/h1-2,5-6,17-18H,3-4,7-16H2,(H,25,26). The fourth-order valence-corrected chi connectivity index (χ4v) is 4.85. The van der Waals surface area contributed by atoms with Gasteiger partial charge in [0.2, 0.25) is 11.8 Å². The molecule has 2 aliphatic heterocycles. The Hall–Kier alpha value is -2.74. The molecular weight excluding hydrogens is 406 g/mol. The van der Waals surface area contributed by atoms with E-state index in [4.69, 9.17) is 9.26 Å². The second kappa shape index (κ2) is 9.81. The number of para-hydroxylation sites is 2. The molecule has 5 rings (SSSR count). The number of carbonyl (C=O) groups is 1. The Bertz CT molecular complexity index is 1010. The number of ether oxygens (including phenoxy) is 1. The molecule has 2 aromatic heterocycles. The van der Waals surface area contributed by atoms with Crippen molar-refractivity contribution in [3.63, 3.8) is 0 Å². The highest BCUT2D eigenvalue weighted by Gasteiger charge is 2.25. The quantitative estimate of drug-likeness (QED) is 0.606. The predicted octanol–water partition coefficient (Wildman–Crippen LogP) is 3.64. The molecule has 2 fully saturated rings. The maximum absolute atomic E-state index is 12.8. The van der Waals surface area contributed by atoms with Gasteiger partial charge < -0.3 is 19.1 Å². The molecule has 3 aromatic rings. The third-order valence-corrected chi connectivity index (χ3v) is 6.72. The van der Waals surface area contributed by atoms with Crippen LogP contribution in [0.3, 0.4) is 0 Å². The molecule has 0 bridgehead atoms. The molecule has 2 saturated heterocycles. The third kappa shape index (κ3) is 5.01. The van der Waals surface area contributed by atoms with Crippen LogP contribution >= 0.6 is 0 Å². The van der Waals surface area contributed by atoms with Crippen LogP contribution in [0, 0.1) is 5.92 Å². The number of aryl methyl sites for hydroxylation is 2. The number of piperidine rings is 1. The van der Waals surface area contributed by atoms with Crippen LogP contribution in [0.5, 0.6) is 0 Å². The van der Waals surface area contributed by atoms with Crippen LogP contribution in [-0.4, -0.2) is 57.2 Å². The lowest BCUT2D eigenvalue weighted by Gasteiger charge is -2.32. The smallest absolute Gasteiger partial charge is 0.229 e. The van der Waals surface area contributed by atoms with E-state index in [1.165, 1.54) is 0 Å². The van der Waals surface area contributed by atoms with E-state index in [1.807, 2.05) is 29.2 Å². The Balaban J connectivity index is 1.09. The van der Waals surface area contributed by atoms with Gasteiger partial charge in [0.1, 0.15) is 5.82 Å². The Morgan fingerprint density at radius 1 is 1.12 bits per heavy atom. The minimum Gasteiger partial charge on any atom is -0.381 e. The summed E-state index contributed by atoms with van der Waals surface area (Å²) < 4.78 is 10.9. The normalized spacial score (nSPS) is 20.1. The number of likely N-dealkylation sites (tertiary alicyclic amines) is 1. The number of aromatic nitrogens is 4. The molecule has 0 spiro atoms. The summed E-state index contributed by atoms with van der Waals surface area (Å²) in [6, 6.07) is 7.97. The molecule has 2 aliphatic rings. The van der Waals surface area contributed by atoms with Gasteiger partial charge in [-0.15, -0.1) is 0 Å². The summed E-state index contributed by atoms with van der Waals surface area (Å²) >= 11 is 0. The lowest BCUT2D eigenvalue weighted by molar-refractivity contribution is -0.133. The number of nitrogens with one attached hydrogen (secondary N) is 1. The number of amides is 1. The molecule has 8 heteroatoms. The van der Waals surface area contributed by atoms with Gasteiger partial charge in [0.25, 0.3) is 0 Å².